The molecule has 0 aliphatic heterocycles. The minimum absolute atomic E-state index is 0.287. The summed E-state index contributed by atoms with van der Waals surface area (Å²) in [6, 6.07) is 24.8. The van der Waals surface area contributed by atoms with Gasteiger partial charge in [0.25, 0.3) is 0 Å². The van der Waals surface area contributed by atoms with E-state index in [4.69, 9.17) is 4.74 Å². The van der Waals surface area contributed by atoms with Crippen molar-refractivity contribution in [3.8, 4) is 11.5 Å². The lowest BCUT2D eigenvalue weighted by Gasteiger charge is -2.52. The van der Waals surface area contributed by atoms with Crippen LogP contribution in [-0.4, -0.2) is 51.8 Å². The molecule has 0 unspecified atom stereocenters. The van der Waals surface area contributed by atoms with Crippen LogP contribution in [0.15, 0.2) is 84.4 Å². The first-order valence-corrected chi connectivity index (χ1v) is 17.7. The molecule has 1 atom stereocenters. The van der Waals surface area contributed by atoms with Crippen molar-refractivity contribution in [1.29, 1.82) is 0 Å². The van der Waals surface area contributed by atoms with Gasteiger partial charge < -0.3 is 20.3 Å². The average molecular weight is 651 g/mol. The molecule has 48 heavy (non-hydrogen) atoms. The maximum absolute atomic E-state index is 13.3. The Morgan fingerprint density at radius 3 is 1.98 bits per heavy atom. The summed E-state index contributed by atoms with van der Waals surface area (Å²) in [7, 11) is 0. The normalized spacial score (nSPS) is 21.9. The van der Waals surface area contributed by atoms with Crippen molar-refractivity contribution in [2.75, 3.05) is 13.2 Å². The van der Waals surface area contributed by atoms with E-state index >= 15 is 0 Å². The molecule has 0 aromatic heterocycles. The number of rotatable bonds is 12. The van der Waals surface area contributed by atoms with E-state index < -0.39 is 17.7 Å². The Bertz CT molecular complexity index is 1560. The number of ether oxygens (including phenoxy) is 1. The fourth-order valence-electron chi connectivity index (χ4n) is 8.72. The Morgan fingerprint density at radius 2 is 1.42 bits per heavy atom. The van der Waals surface area contributed by atoms with E-state index in [1.807, 2.05) is 51.1 Å². The van der Waals surface area contributed by atoms with E-state index in [9.17, 15) is 19.8 Å². The standard InChI is InChI=1S/C41H50N2O5/c1-41(2,3)43(40(46)47)36(26-27-9-5-4-6-10-27)39(45)42-19-7-8-20-48-35-17-13-31(14-18-35)37(30-11-15-34(44)16-12-30)38-32-22-28-21-29(24-32)25-33(38)23-28/h4-6,9-18,28-29,32-33,36,44H,7-8,19-26H2,1-3H3,(H,42,45)(H,46,47)/t28?,29?,32?,33?,36-/m0/s1. The monoisotopic (exact) mass is 650 g/mol. The third-order valence-electron chi connectivity index (χ3n) is 10.6. The molecule has 254 valence electrons. The van der Waals surface area contributed by atoms with E-state index in [-0.39, 0.29) is 11.7 Å². The van der Waals surface area contributed by atoms with Crippen molar-refractivity contribution in [3.05, 3.63) is 101 Å². The minimum atomic E-state index is -1.11. The van der Waals surface area contributed by atoms with Gasteiger partial charge in [-0.25, -0.2) is 4.79 Å². The summed E-state index contributed by atoms with van der Waals surface area (Å²) in [4.78, 5) is 26.8. The number of carboxylic acid groups (broad SMARTS) is 1. The van der Waals surface area contributed by atoms with Crippen LogP contribution in [0.5, 0.6) is 11.5 Å². The van der Waals surface area contributed by atoms with Crippen LogP contribution in [0.1, 0.15) is 82.4 Å². The highest BCUT2D eigenvalue weighted by molar-refractivity contribution is 5.86. The summed E-state index contributed by atoms with van der Waals surface area (Å²) < 4.78 is 6.10. The number of carbonyl (C=O) groups is 2. The molecule has 4 saturated carbocycles. The molecule has 3 aromatic carbocycles. The molecule has 3 aromatic rings. The van der Waals surface area contributed by atoms with E-state index in [0.717, 1.165) is 29.6 Å². The SMILES string of the molecule is CC(C)(C)N(C(=O)O)[C@@H](Cc1ccccc1)C(=O)NCCCCOc1ccc(C(=C2C3CC4CC(C3)CC2C4)c2ccc(O)cc2)cc1. The number of phenols is 1. The van der Waals surface area contributed by atoms with Gasteiger partial charge >= 0.3 is 6.09 Å². The van der Waals surface area contributed by atoms with Gasteiger partial charge in [0.05, 0.1) is 6.61 Å². The van der Waals surface area contributed by atoms with Gasteiger partial charge in [0.2, 0.25) is 5.91 Å². The number of nitrogens with one attached hydrogen (secondary N) is 1. The molecule has 0 radical (unpaired) electrons. The number of unbranched alkanes of at least 4 members (excludes halogenated alkanes) is 1. The van der Waals surface area contributed by atoms with Gasteiger partial charge in [-0.05, 0) is 136 Å². The second-order valence-electron chi connectivity index (χ2n) is 15.1. The Balaban J connectivity index is 1.05. The van der Waals surface area contributed by atoms with Crippen LogP contribution in [0, 0.1) is 23.7 Å². The molecule has 0 saturated heterocycles. The van der Waals surface area contributed by atoms with Gasteiger partial charge in [-0.3, -0.25) is 9.69 Å². The molecule has 7 rings (SSSR count). The number of benzene rings is 3. The second kappa shape index (κ2) is 14.5. The van der Waals surface area contributed by atoms with Crippen molar-refractivity contribution in [3.63, 3.8) is 0 Å². The highest BCUT2D eigenvalue weighted by Gasteiger charge is 2.46. The first-order chi connectivity index (χ1) is 23.1. The number of amides is 2. The first-order valence-electron chi connectivity index (χ1n) is 17.7. The van der Waals surface area contributed by atoms with E-state index in [0.29, 0.717) is 37.8 Å². The molecule has 4 aliphatic rings. The number of hydrogen-bond donors (Lipinski definition) is 3. The van der Waals surface area contributed by atoms with Crippen molar-refractivity contribution < 1.29 is 24.5 Å². The van der Waals surface area contributed by atoms with Gasteiger partial charge in [0, 0.05) is 18.5 Å². The fourth-order valence-corrected chi connectivity index (χ4v) is 8.72. The van der Waals surface area contributed by atoms with Crippen molar-refractivity contribution in [1.82, 2.24) is 10.2 Å². The molecule has 7 heteroatoms. The summed E-state index contributed by atoms with van der Waals surface area (Å²) in [5, 5.41) is 23.0. The molecule has 2 amide bonds. The van der Waals surface area contributed by atoms with Crippen LogP contribution < -0.4 is 10.1 Å². The molecule has 4 bridgehead atoms. The highest BCUT2D eigenvalue weighted by Crippen LogP contribution is 2.58. The lowest BCUT2D eigenvalue weighted by atomic mass is 9.53. The summed E-state index contributed by atoms with van der Waals surface area (Å²) >= 11 is 0. The highest BCUT2D eigenvalue weighted by atomic mass is 16.5. The molecule has 4 fully saturated rings. The smallest absolute Gasteiger partial charge is 0.408 e. The van der Waals surface area contributed by atoms with Gasteiger partial charge in [-0.15, -0.1) is 0 Å². The quantitative estimate of drug-likeness (QED) is 0.171. The summed E-state index contributed by atoms with van der Waals surface area (Å²) in [5.74, 6) is 3.92. The maximum atomic E-state index is 13.3. The molecule has 0 heterocycles. The van der Waals surface area contributed by atoms with Gasteiger partial charge in [-0.1, -0.05) is 60.2 Å². The van der Waals surface area contributed by atoms with Crippen LogP contribution in [0.2, 0.25) is 0 Å². The predicted molar refractivity (Wildman–Crippen MR) is 189 cm³/mol. The Kier molecular flexibility index (Phi) is 10.1. The van der Waals surface area contributed by atoms with Gasteiger partial charge in [0.15, 0.2) is 0 Å². The van der Waals surface area contributed by atoms with Gasteiger partial charge in [-0.2, -0.15) is 0 Å². The number of hydrogen-bond acceptors (Lipinski definition) is 4. The van der Waals surface area contributed by atoms with Crippen molar-refractivity contribution >= 4 is 17.6 Å². The minimum Gasteiger partial charge on any atom is -0.508 e. The number of allylic oxidation sites excluding steroid dienone is 1. The summed E-state index contributed by atoms with van der Waals surface area (Å²) in [5.41, 5.74) is 5.52. The third-order valence-corrected chi connectivity index (χ3v) is 10.6. The molecule has 0 spiro atoms. The number of carbonyl (C=O) groups excluding carboxylic acids is 1. The Labute approximate surface area is 285 Å². The molecule has 7 nitrogen and oxygen atoms in total. The van der Waals surface area contributed by atoms with Crippen LogP contribution in [0.25, 0.3) is 5.57 Å². The number of nitrogens with zero attached hydrogens (tertiary/aromatic N) is 1. The zero-order valence-corrected chi connectivity index (χ0v) is 28.5. The Morgan fingerprint density at radius 1 is 0.833 bits per heavy atom. The largest absolute Gasteiger partial charge is 0.508 e. The zero-order valence-electron chi connectivity index (χ0n) is 28.5. The predicted octanol–water partition coefficient (Wildman–Crippen LogP) is 8.32. The van der Waals surface area contributed by atoms with Crippen LogP contribution in [-0.2, 0) is 11.2 Å². The van der Waals surface area contributed by atoms with E-state index in [1.165, 1.54) is 53.7 Å². The molecule has 3 N–H and O–H groups in total. The summed E-state index contributed by atoms with van der Waals surface area (Å²) in [6.45, 7) is 6.39. The lowest BCUT2D eigenvalue weighted by Crippen LogP contribution is -2.57. The Hall–Kier alpha value is -4.26. The summed E-state index contributed by atoms with van der Waals surface area (Å²) in [6.07, 6.45) is 7.34. The zero-order chi connectivity index (χ0) is 33.8. The first kappa shape index (κ1) is 33.6. The third kappa shape index (κ3) is 7.72. The van der Waals surface area contributed by atoms with E-state index in [2.05, 4.69) is 41.7 Å². The number of aromatic hydroxyl groups is 1. The maximum Gasteiger partial charge on any atom is 0.408 e. The second-order valence-corrected chi connectivity index (χ2v) is 15.1. The van der Waals surface area contributed by atoms with Gasteiger partial charge in [0.1, 0.15) is 17.5 Å². The molecular formula is C41H50N2O5. The van der Waals surface area contributed by atoms with E-state index in [1.54, 1.807) is 17.7 Å². The topological polar surface area (TPSA) is 99.1 Å². The fraction of sp³-hybridized carbons (Fsp3) is 0.463. The number of phenolic OH excluding ortho intramolecular Hbond substituents is 1. The van der Waals surface area contributed by atoms with Crippen molar-refractivity contribution in [2.24, 2.45) is 23.7 Å². The van der Waals surface area contributed by atoms with Crippen LogP contribution in [0.4, 0.5) is 4.79 Å². The lowest BCUT2D eigenvalue weighted by molar-refractivity contribution is -0.127. The molecule has 4 aliphatic carbocycles. The van der Waals surface area contributed by atoms with Crippen LogP contribution in [0.3, 0.4) is 0 Å². The van der Waals surface area contributed by atoms with Crippen molar-refractivity contribution in [2.45, 2.75) is 83.7 Å². The van der Waals surface area contributed by atoms with Crippen LogP contribution >= 0.6 is 0 Å². The average Bonchev–Trinajstić information content (AvgIpc) is 3.04. The molecular weight excluding hydrogens is 600 g/mol.